The molecule has 0 fully saturated rings. The average Bonchev–Trinajstić information content (AvgIpc) is 3.27. The maximum absolute atomic E-state index is 13.4. The Morgan fingerprint density at radius 3 is 1.48 bits per heavy atom. The van der Waals surface area contributed by atoms with E-state index >= 15 is 0 Å². The van der Waals surface area contributed by atoms with E-state index in [-0.39, 0.29) is 31.5 Å². The van der Waals surface area contributed by atoms with Crippen molar-refractivity contribution in [1.82, 2.24) is 5.32 Å². The van der Waals surface area contributed by atoms with E-state index in [2.05, 4.69) is 74.7 Å². The molecular weight excluding hydrogens is 844 g/mol. The molecule has 0 aliphatic rings. The Kier molecular flexibility index (Phi) is 44.8. The summed E-state index contributed by atoms with van der Waals surface area (Å²) < 4.78 is 30.5. The molecule has 0 spiro atoms. The molecule has 0 aliphatic carbocycles. The van der Waals surface area contributed by atoms with Crippen LogP contribution in [0.2, 0.25) is 0 Å². The molecule has 0 heterocycles. The van der Waals surface area contributed by atoms with Crippen LogP contribution in [-0.2, 0) is 27.9 Å². The topological polar surface area (TPSA) is 111 Å². The van der Waals surface area contributed by atoms with Crippen molar-refractivity contribution >= 4 is 19.7 Å². The number of quaternary nitrogens is 1. The van der Waals surface area contributed by atoms with Crippen molar-refractivity contribution in [2.75, 3.05) is 40.9 Å². The fraction of sp³-hybridized carbons (Fsp3) is 0.786. The summed E-state index contributed by atoms with van der Waals surface area (Å²) in [5.41, 5.74) is 0. The fourth-order valence-corrected chi connectivity index (χ4v) is 8.21. The first kappa shape index (κ1) is 63.7. The lowest BCUT2D eigenvalue weighted by atomic mass is 10.1. The second-order valence-electron chi connectivity index (χ2n) is 19.4. The molecule has 3 unspecified atom stereocenters. The largest absolute Gasteiger partial charge is 0.472 e. The van der Waals surface area contributed by atoms with Gasteiger partial charge in [-0.15, -0.1) is 0 Å². The summed E-state index contributed by atoms with van der Waals surface area (Å²) in [5, 5.41) is 3.03. The molecule has 0 bridgehead atoms. The highest BCUT2D eigenvalue weighted by Crippen LogP contribution is 2.43. The number of likely N-dealkylation sites (N-methyl/N-ethyl adjacent to an activating group) is 1. The molecule has 10 heteroatoms. The van der Waals surface area contributed by atoms with Crippen molar-refractivity contribution in [2.24, 2.45) is 0 Å². The summed E-state index contributed by atoms with van der Waals surface area (Å²) in [6.07, 6.45) is 56.4. The van der Waals surface area contributed by atoms with Crippen LogP contribution >= 0.6 is 7.82 Å². The predicted octanol–water partition coefficient (Wildman–Crippen LogP) is 15.9. The summed E-state index contributed by atoms with van der Waals surface area (Å²) in [6.45, 7) is 6.85. The van der Waals surface area contributed by atoms with E-state index in [9.17, 15) is 19.0 Å². The monoisotopic (exact) mass is 948 g/mol. The van der Waals surface area contributed by atoms with Gasteiger partial charge in [0.25, 0.3) is 0 Å². The molecule has 0 rings (SSSR count). The highest BCUT2D eigenvalue weighted by atomic mass is 31.2. The zero-order chi connectivity index (χ0) is 48.7. The molecule has 0 saturated heterocycles. The van der Waals surface area contributed by atoms with E-state index in [0.29, 0.717) is 23.9 Å². The van der Waals surface area contributed by atoms with Crippen molar-refractivity contribution in [1.29, 1.82) is 0 Å². The maximum Gasteiger partial charge on any atom is 0.472 e. The molecule has 0 aromatic rings. The van der Waals surface area contributed by atoms with Crippen molar-refractivity contribution in [3.63, 3.8) is 0 Å². The number of carbonyl (C=O) groups is 2. The van der Waals surface area contributed by atoms with Gasteiger partial charge in [0.15, 0.2) is 0 Å². The molecule has 0 aliphatic heterocycles. The van der Waals surface area contributed by atoms with Crippen molar-refractivity contribution < 1.29 is 37.3 Å². The van der Waals surface area contributed by atoms with E-state index in [1.54, 1.807) is 0 Å². The lowest BCUT2D eigenvalue weighted by Gasteiger charge is -2.27. The van der Waals surface area contributed by atoms with Crippen LogP contribution in [0.25, 0.3) is 0 Å². The molecule has 0 radical (unpaired) electrons. The Labute approximate surface area is 407 Å². The lowest BCUT2D eigenvalue weighted by Crippen LogP contribution is -2.47. The second kappa shape index (κ2) is 46.4. The van der Waals surface area contributed by atoms with Gasteiger partial charge >= 0.3 is 13.8 Å². The van der Waals surface area contributed by atoms with Crippen LogP contribution < -0.4 is 5.32 Å². The number of phosphoric ester groups is 1. The van der Waals surface area contributed by atoms with Crippen LogP contribution in [-0.4, -0.2) is 74.3 Å². The smallest absolute Gasteiger partial charge is 0.456 e. The number of amides is 1. The molecule has 384 valence electrons. The molecule has 1 amide bonds. The van der Waals surface area contributed by atoms with Gasteiger partial charge in [-0.1, -0.05) is 191 Å². The van der Waals surface area contributed by atoms with Crippen LogP contribution in [0, 0.1) is 0 Å². The van der Waals surface area contributed by atoms with Gasteiger partial charge in [-0.05, 0) is 89.5 Å². The van der Waals surface area contributed by atoms with Gasteiger partial charge in [0, 0.05) is 12.8 Å². The number of unbranched alkanes of at least 4 members (excludes halogenated alkanes) is 24. The first-order valence-corrected chi connectivity index (χ1v) is 28.6. The standard InChI is InChI=1S/C56H103N2O7P/c1-7-10-13-16-19-22-25-27-28-29-31-33-36-39-42-45-48-55(59)57-53(52-64-66(61,62)63-51-50-58(4,5)6)54(47-44-41-38-35-32-24-21-18-15-12-9-3)65-56(60)49-46-43-40-37-34-30-26-23-20-17-14-11-8-2/h10,13,19,22,27-28,30,34,44,47,53-54H,7-9,11-12,14-18,20-21,23-26,29,31-33,35-43,45-46,48-52H2,1-6H3,(H-,57,59,61,62)/p+1/b13-10+,22-19+,28-27+,34-30-,47-44+. The quantitative estimate of drug-likeness (QED) is 0.0205. The molecule has 0 aromatic heterocycles. The minimum absolute atomic E-state index is 0.0337. The third kappa shape index (κ3) is 46.8. The number of hydrogen-bond donors (Lipinski definition) is 2. The van der Waals surface area contributed by atoms with Gasteiger partial charge in [-0.2, -0.15) is 0 Å². The Morgan fingerprint density at radius 2 is 0.970 bits per heavy atom. The van der Waals surface area contributed by atoms with Gasteiger partial charge < -0.3 is 19.4 Å². The number of nitrogens with zero attached hydrogens (tertiary/aromatic N) is 1. The lowest BCUT2D eigenvalue weighted by molar-refractivity contribution is -0.870. The van der Waals surface area contributed by atoms with E-state index in [1.807, 2.05) is 33.3 Å². The number of rotatable bonds is 48. The number of phosphoric acid groups is 1. The van der Waals surface area contributed by atoms with Crippen molar-refractivity contribution in [2.45, 2.75) is 245 Å². The molecule has 9 nitrogen and oxygen atoms in total. The zero-order valence-electron chi connectivity index (χ0n) is 43.7. The molecule has 66 heavy (non-hydrogen) atoms. The summed E-state index contributed by atoms with van der Waals surface area (Å²) in [6, 6.07) is -0.860. The van der Waals surface area contributed by atoms with Gasteiger partial charge in [0.2, 0.25) is 5.91 Å². The molecule has 0 saturated carbocycles. The van der Waals surface area contributed by atoms with E-state index in [1.165, 1.54) is 96.3 Å². The highest BCUT2D eigenvalue weighted by Gasteiger charge is 2.30. The van der Waals surface area contributed by atoms with Gasteiger partial charge in [0.05, 0.1) is 33.8 Å². The van der Waals surface area contributed by atoms with E-state index in [0.717, 1.165) is 96.3 Å². The number of nitrogens with one attached hydrogen (secondary N) is 1. The summed E-state index contributed by atoms with van der Waals surface area (Å²) in [4.78, 5) is 37.4. The SMILES string of the molecule is CC/C=C/C/C=C/C/C=C/CCCCCCCCC(=O)NC(COP(=O)(O)OCC[N+](C)(C)C)C(/C=C/CCCCCCCCCCC)OC(=O)CCCCC/C=C\CCCCCCCC. The third-order valence-corrected chi connectivity index (χ3v) is 12.7. The third-order valence-electron chi connectivity index (χ3n) is 11.7. The van der Waals surface area contributed by atoms with E-state index in [4.69, 9.17) is 13.8 Å². The molecule has 3 atom stereocenters. The number of ether oxygens (including phenoxy) is 1. The minimum atomic E-state index is -4.45. The average molecular weight is 948 g/mol. The first-order valence-electron chi connectivity index (χ1n) is 27.1. The minimum Gasteiger partial charge on any atom is -0.456 e. The second-order valence-corrected chi connectivity index (χ2v) is 20.8. The molecular formula is C56H104N2O7P+. The Hall–Kier alpha value is -2.29. The Balaban J connectivity index is 5.41. The fourth-order valence-electron chi connectivity index (χ4n) is 7.48. The summed E-state index contributed by atoms with van der Waals surface area (Å²) in [5.74, 6) is -0.541. The van der Waals surface area contributed by atoms with Crippen LogP contribution in [0.15, 0.2) is 60.8 Å². The van der Waals surface area contributed by atoms with Crippen LogP contribution in [0.3, 0.4) is 0 Å². The zero-order valence-corrected chi connectivity index (χ0v) is 44.6. The van der Waals surface area contributed by atoms with Crippen LogP contribution in [0.5, 0.6) is 0 Å². The summed E-state index contributed by atoms with van der Waals surface area (Å²) in [7, 11) is 1.47. The Bertz CT molecular complexity index is 1320. The number of carbonyl (C=O) groups excluding carboxylic acids is 2. The van der Waals surface area contributed by atoms with Crippen LogP contribution in [0.1, 0.15) is 233 Å². The number of esters is 1. The van der Waals surface area contributed by atoms with Crippen LogP contribution in [0.4, 0.5) is 0 Å². The highest BCUT2D eigenvalue weighted by molar-refractivity contribution is 7.47. The molecule has 2 N–H and O–H groups in total. The Morgan fingerprint density at radius 1 is 0.545 bits per heavy atom. The number of allylic oxidation sites excluding steroid dienone is 9. The first-order chi connectivity index (χ1) is 31.9. The van der Waals surface area contributed by atoms with Gasteiger partial charge in [-0.3, -0.25) is 18.6 Å². The van der Waals surface area contributed by atoms with E-state index < -0.39 is 20.0 Å². The predicted molar refractivity (Wildman–Crippen MR) is 282 cm³/mol. The van der Waals surface area contributed by atoms with Crippen molar-refractivity contribution in [3.05, 3.63) is 60.8 Å². The van der Waals surface area contributed by atoms with Crippen molar-refractivity contribution in [3.8, 4) is 0 Å². The normalized spacial score (nSPS) is 14.3. The van der Waals surface area contributed by atoms with Gasteiger partial charge in [-0.25, -0.2) is 4.57 Å². The summed E-state index contributed by atoms with van der Waals surface area (Å²) >= 11 is 0. The number of hydrogen-bond acceptors (Lipinski definition) is 6. The van der Waals surface area contributed by atoms with Gasteiger partial charge in [0.1, 0.15) is 19.3 Å². The maximum atomic E-state index is 13.4. The molecule has 0 aromatic carbocycles.